The first-order chi connectivity index (χ1) is 11.1. The summed E-state index contributed by atoms with van der Waals surface area (Å²) in [5, 5.41) is 5.80. The fourth-order valence-electron chi connectivity index (χ4n) is 2.75. The van der Waals surface area contributed by atoms with Gasteiger partial charge in [-0.2, -0.15) is 0 Å². The van der Waals surface area contributed by atoms with Crippen LogP contribution < -0.4 is 10.6 Å². The molecular formula is C17H25N3O3. The van der Waals surface area contributed by atoms with Crippen molar-refractivity contribution in [3.63, 3.8) is 0 Å². The van der Waals surface area contributed by atoms with Gasteiger partial charge in [0.2, 0.25) is 5.91 Å². The minimum absolute atomic E-state index is 0.00763. The van der Waals surface area contributed by atoms with Crippen molar-refractivity contribution < 1.29 is 14.3 Å². The van der Waals surface area contributed by atoms with E-state index >= 15 is 0 Å². The summed E-state index contributed by atoms with van der Waals surface area (Å²) in [6.07, 6.45) is 1.64. The number of benzene rings is 1. The molecule has 6 heteroatoms. The number of urea groups is 1. The van der Waals surface area contributed by atoms with Gasteiger partial charge >= 0.3 is 6.03 Å². The quantitative estimate of drug-likeness (QED) is 0.873. The lowest BCUT2D eigenvalue weighted by molar-refractivity contribution is -0.127. The van der Waals surface area contributed by atoms with E-state index in [4.69, 9.17) is 4.74 Å². The number of hydrogen-bond donors (Lipinski definition) is 2. The maximum Gasteiger partial charge on any atom is 0.321 e. The highest BCUT2D eigenvalue weighted by Crippen LogP contribution is 2.18. The first-order valence-electron chi connectivity index (χ1n) is 8.00. The molecule has 1 heterocycles. The fraction of sp³-hybridized carbons (Fsp3) is 0.529. The fourth-order valence-corrected chi connectivity index (χ4v) is 2.75. The SMILES string of the molecule is COCC(C)NC(=O)C1CCCN(C(=O)Nc2ccccc2)C1. The smallest absolute Gasteiger partial charge is 0.321 e. The van der Waals surface area contributed by atoms with E-state index in [1.807, 2.05) is 37.3 Å². The minimum Gasteiger partial charge on any atom is -0.383 e. The van der Waals surface area contributed by atoms with Crippen molar-refractivity contribution in [3.8, 4) is 0 Å². The first-order valence-corrected chi connectivity index (χ1v) is 8.00. The molecule has 0 spiro atoms. The standard InChI is InChI=1S/C17H25N3O3/c1-13(12-23-2)18-16(21)14-7-6-10-20(11-14)17(22)19-15-8-4-3-5-9-15/h3-5,8-9,13-14H,6-7,10-12H2,1-2H3,(H,18,21)(H,19,22). The lowest BCUT2D eigenvalue weighted by Crippen LogP contribution is -2.48. The second-order valence-corrected chi connectivity index (χ2v) is 5.95. The van der Waals surface area contributed by atoms with Gasteiger partial charge in [-0.25, -0.2) is 4.79 Å². The Bertz CT molecular complexity index is 521. The average Bonchev–Trinajstić information content (AvgIpc) is 2.56. The van der Waals surface area contributed by atoms with Gasteiger partial charge in [0.1, 0.15) is 0 Å². The Labute approximate surface area is 137 Å². The zero-order valence-electron chi connectivity index (χ0n) is 13.7. The number of carbonyl (C=O) groups is 2. The molecule has 0 radical (unpaired) electrons. The monoisotopic (exact) mass is 319 g/mol. The van der Waals surface area contributed by atoms with Crippen molar-refractivity contribution >= 4 is 17.6 Å². The first kappa shape index (κ1) is 17.3. The third-order valence-corrected chi connectivity index (χ3v) is 3.91. The number of likely N-dealkylation sites (tertiary alicyclic amines) is 1. The number of anilines is 1. The number of piperidine rings is 1. The molecule has 2 atom stereocenters. The van der Waals surface area contributed by atoms with Crippen LogP contribution in [0.4, 0.5) is 10.5 Å². The highest BCUT2D eigenvalue weighted by Gasteiger charge is 2.29. The van der Waals surface area contributed by atoms with Crippen LogP contribution in [0.25, 0.3) is 0 Å². The van der Waals surface area contributed by atoms with E-state index in [1.54, 1.807) is 12.0 Å². The van der Waals surface area contributed by atoms with Crippen LogP contribution in [0.5, 0.6) is 0 Å². The molecular weight excluding hydrogens is 294 g/mol. The maximum absolute atomic E-state index is 12.3. The van der Waals surface area contributed by atoms with E-state index < -0.39 is 0 Å². The van der Waals surface area contributed by atoms with Crippen molar-refractivity contribution in [3.05, 3.63) is 30.3 Å². The Morgan fingerprint density at radius 2 is 2.09 bits per heavy atom. The number of carbonyl (C=O) groups excluding carboxylic acids is 2. The van der Waals surface area contributed by atoms with E-state index in [0.717, 1.165) is 18.5 Å². The van der Waals surface area contributed by atoms with Crippen molar-refractivity contribution in [1.29, 1.82) is 0 Å². The number of methoxy groups -OCH3 is 1. The van der Waals surface area contributed by atoms with E-state index in [0.29, 0.717) is 19.7 Å². The van der Waals surface area contributed by atoms with Crippen LogP contribution in [0.2, 0.25) is 0 Å². The molecule has 2 rings (SSSR count). The molecule has 0 saturated carbocycles. The molecule has 0 aliphatic carbocycles. The van der Waals surface area contributed by atoms with Gasteiger partial charge in [0.05, 0.1) is 12.5 Å². The largest absolute Gasteiger partial charge is 0.383 e. The molecule has 1 fully saturated rings. The molecule has 6 nitrogen and oxygen atoms in total. The molecule has 1 aliphatic heterocycles. The molecule has 3 amide bonds. The predicted molar refractivity (Wildman–Crippen MR) is 89.2 cm³/mol. The summed E-state index contributed by atoms with van der Waals surface area (Å²) in [6.45, 7) is 3.51. The molecule has 126 valence electrons. The lowest BCUT2D eigenvalue weighted by atomic mass is 9.97. The Morgan fingerprint density at radius 1 is 1.35 bits per heavy atom. The third kappa shape index (κ3) is 5.25. The second-order valence-electron chi connectivity index (χ2n) is 5.95. The Hall–Kier alpha value is -2.08. The number of ether oxygens (including phenoxy) is 1. The molecule has 0 aromatic heterocycles. The van der Waals surface area contributed by atoms with Gasteiger partial charge in [-0.3, -0.25) is 4.79 Å². The van der Waals surface area contributed by atoms with E-state index in [9.17, 15) is 9.59 Å². The van der Waals surface area contributed by atoms with Crippen LogP contribution >= 0.6 is 0 Å². The summed E-state index contributed by atoms with van der Waals surface area (Å²) >= 11 is 0. The molecule has 0 bridgehead atoms. The van der Waals surface area contributed by atoms with E-state index in [1.165, 1.54) is 0 Å². The Morgan fingerprint density at radius 3 is 2.78 bits per heavy atom. The molecule has 1 saturated heterocycles. The van der Waals surface area contributed by atoms with Crippen molar-refractivity contribution in [2.75, 3.05) is 32.1 Å². The van der Waals surface area contributed by atoms with E-state index in [-0.39, 0.29) is 23.9 Å². The third-order valence-electron chi connectivity index (χ3n) is 3.91. The molecule has 1 aromatic rings. The summed E-state index contributed by atoms with van der Waals surface area (Å²) in [6, 6.07) is 9.16. The lowest BCUT2D eigenvalue weighted by Gasteiger charge is -2.32. The van der Waals surface area contributed by atoms with Crippen molar-refractivity contribution in [2.24, 2.45) is 5.92 Å². The van der Waals surface area contributed by atoms with Gasteiger partial charge in [0, 0.05) is 31.9 Å². The topological polar surface area (TPSA) is 70.7 Å². The molecule has 1 aliphatic rings. The van der Waals surface area contributed by atoms with Gasteiger partial charge in [-0.15, -0.1) is 0 Å². The Balaban J connectivity index is 1.87. The van der Waals surface area contributed by atoms with Crippen LogP contribution in [0.3, 0.4) is 0 Å². The highest BCUT2D eigenvalue weighted by atomic mass is 16.5. The number of para-hydroxylation sites is 1. The summed E-state index contributed by atoms with van der Waals surface area (Å²) < 4.78 is 5.03. The van der Waals surface area contributed by atoms with Gasteiger partial charge in [0.15, 0.2) is 0 Å². The summed E-state index contributed by atoms with van der Waals surface area (Å²) in [5.41, 5.74) is 0.762. The van der Waals surface area contributed by atoms with E-state index in [2.05, 4.69) is 10.6 Å². The zero-order valence-corrected chi connectivity index (χ0v) is 13.7. The van der Waals surface area contributed by atoms with Gasteiger partial charge in [0.25, 0.3) is 0 Å². The van der Waals surface area contributed by atoms with Gasteiger partial charge in [-0.1, -0.05) is 18.2 Å². The normalized spacial score (nSPS) is 19.0. The Kier molecular flexibility index (Phi) is 6.40. The summed E-state index contributed by atoms with van der Waals surface area (Å²) in [5.74, 6) is -0.170. The van der Waals surface area contributed by atoms with Crippen molar-refractivity contribution in [2.45, 2.75) is 25.8 Å². The molecule has 2 unspecified atom stereocenters. The van der Waals surface area contributed by atoms with Crippen molar-refractivity contribution in [1.82, 2.24) is 10.2 Å². The minimum atomic E-state index is -0.162. The average molecular weight is 319 g/mol. The van der Waals surface area contributed by atoms with Crippen LogP contribution in [0.15, 0.2) is 30.3 Å². The number of nitrogens with one attached hydrogen (secondary N) is 2. The molecule has 2 N–H and O–H groups in total. The number of hydrogen-bond acceptors (Lipinski definition) is 3. The maximum atomic E-state index is 12.3. The predicted octanol–water partition coefficient (Wildman–Crippen LogP) is 2.08. The number of amides is 3. The van der Waals surface area contributed by atoms with Crippen LogP contribution in [-0.2, 0) is 9.53 Å². The molecule has 1 aromatic carbocycles. The van der Waals surface area contributed by atoms with Crippen LogP contribution in [0, 0.1) is 5.92 Å². The summed E-state index contributed by atoms with van der Waals surface area (Å²) in [4.78, 5) is 26.3. The van der Waals surface area contributed by atoms with Crippen LogP contribution in [0.1, 0.15) is 19.8 Å². The highest BCUT2D eigenvalue weighted by molar-refractivity contribution is 5.90. The van der Waals surface area contributed by atoms with Crippen LogP contribution in [-0.4, -0.2) is 49.7 Å². The van der Waals surface area contributed by atoms with Gasteiger partial charge < -0.3 is 20.3 Å². The molecule has 23 heavy (non-hydrogen) atoms. The number of rotatable bonds is 5. The second kappa shape index (κ2) is 8.53. The zero-order chi connectivity index (χ0) is 16.7. The van der Waals surface area contributed by atoms with Gasteiger partial charge in [-0.05, 0) is 31.9 Å². The number of nitrogens with zero attached hydrogens (tertiary/aromatic N) is 1. The summed E-state index contributed by atoms with van der Waals surface area (Å²) in [7, 11) is 1.61.